The summed E-state index contributed by atoms with van der Waals surface area (Å²) in [5.74, 6) is 1.35. The quantitative estimate of drug-likeness (QED) is 0.766. The van der Waals surface area contributed by atoms with E-state index in [9.17, 15) is 0 Å². The van der Waals surface area contributed by atoms with Crippen LogP contribution in [0, 0.1) is 0 Å². The van der Waals surface area contributed by atoms with E-state index in [4.69, 9.17) is 10.3 Å². The molecule has 3 heterocycles. The van der Waals surface area contributed by atoms with Crippen molar-refractivity contribution in [3.05, 3.63) is 41.8 Å². The average Bonchev–Trinajstić information content (AvgIpc) is 3.05. The highest BCUT2D eigenvalue weighted by molar-refractivity contribution is 5.80. The van der Waals surface area contributed by atoms with E-state index < -0.39 is 0 Å². The third kappa shape index (κ3) is 2.30. The highest BCUT2D eigenvalue weighted by atomic mass is 16.5. The Morgan fingerprint density at radius 3 is 3.10 bits per heavy atom. The molecule has 2 N–H and O–H groups in total. The van der Waals surface area contributed by atoms with Gasteiger partial charge < -0.3 is 14.8 Å². The number of pyridine rings is 1. The van der Waals surface area contributed by atoms with E-state index in [0.29, 0.717) is 19.0 Å². The summed E-state index contributed by atoms with van der Waals surface area (Å²) < 4.78 is 7.27. The molecule has 3 aromatic heterocycles. The zero-order chi connectivity index (χ0) is 13.9. The van der Waals surface area contributed by atoms with Crippen LogP contribution in [0.4, 0.5) is 0 Å². The largest absolute Gasteiger partial charge is 0.337 e. The molecule has 104 valence electrons. The van der Waals surface area contributed by atoms with Crippen LogP contribution in [-0.4, -0.2) is 19.7 Å². The minimum absolute atomic E-state index is 0.486. The summed E-state index contributed by atoms with van der Waals surface area (Å²) in [6.07, 6.45) is 5.61. The minimum Gasteiger partial charge on any atom is -0.337 e. The minimum atomic E-state index is 0.486. The molecule has 0 unspecified atom stereocenters. The Morgan fingerprint density at radius 2 is 2.30 bits per heavy atom. The van der Waals surface area contributed by atoms with Crippen LogP contribution >= 0.6 is 0 Å². The van der Waals surface area contributed by atoms with Crippen molar-refractivity contribution in [2.24, 2.45) is 5.73 Å². The summed E-state index contributed by atoms with van der Waals surface area (Å²) in [5.41, 5.74) is 7.74. The van der Waals surface area contributed by atoms with Gasteiger partial charge in [-0.05, 0) is 24.1 Å². The van der Waals surface area contributed by atoms with E-state index in [1.807, 2.05) is 22.9 Å². The van der Waals surface area contributed by atoms with E-state index >= 15 is 0 Å². The first kappa shape index (κ1) is 12.8. The van der Waals surface area contributed by atoms with Crippen LogP contribution in [0.15, 0.2) is 29.0 Å². The molecule has 0 amide bonds. The monoisotopic (exact) mass is 271 g/mol. The molecule has 0 aromatic carbocycles. The van der Waals surface area contributed by atoms with Gasteiger partial charge in [0.2, 0.25) is 5.89 Å². The van der Waals surface area contributed by atoms with Crippen molar-refractivity contribution in [3.8, 4) is 0 Å². The Morgan fingerprint density at radius 1 is 1.40 bits per heavy atom. The highest BCUT2D eigenvalue weighted by Crippen LogP contribution is 2.19. The van der Waals surface area contributed by atoms with Gasteiger partial charge >= 0.3 is 0 Å². The van der Waals surface area contributed by atoms with Crippen LogP contribution in [0.25, 0.3) is 11.0 Å². The average molecular weight is 271 g/mol. The van der Waals surface area contributed by atoms with Gasteiger partial charge in [0.25, 0.3) is 0 Å². The Balaban J connectivity index is 1.93. The van der Waals surface area contributed by atoms with Crippen molar-refractivity contribution in [1.82, 2.24) is 19.7 Å². The first-order chi connectivity index (χ1) is 9.81. The molecule has 0 atom stereocenters. The summed E-state index contributed by atoms with van der Waals surface area (Å²) in [5, 5.41) is 5.04. The maximum absolute atomic E-state index is 5.77. The Kier molecular flexibility index (Phi) is 3.47. The van der Waals surface area contributed by atoms with Crippen LogP contribution in [-0.2, 0) is 19.5 Å². The predicted octanol–water partition coefficient (Wildman–Crippen LogP) is 1.88. The van der Waals surface area contributed by atoms with Crippen LogP contribution < -0.4 is 5.73 Å². The molecule has 0 aliphatic heterocycles. The van der Waals surface area contributed by atoms with Gasteiger partial charge in [0.05, 0.1) is 0 Å². The highest BCUT2D eigenvalue weighted by Gasteiger charge is 2.11. The van der Waals surface area contributed by atoms with Crippen LogP contribution in [0.2, 0.25) is 0 Å². The molecule has 0 saturated heterocycles. The van der Waals surface area contributed by atoms with Crippen LogP contribution in [0.1, 0.15) is 30.6 Å². The second-order valence-corrected chi connectivity index (χ2v) is 4.72. The van der Waals surface area contributed by atoms with Crippen molar-refractivity contribution in [2.45, 2.75) is 32.9 Å². The third-order valence-electron chi connectivity index (χ3n) is 3.23. The molecule has 6 nitrogen and oxygen atoms in total. The van der Waals surface area contributed by atoms with Gasteiger partial charge in [-0.2, -0.15) is 4.98 Å². The number of nitrogens with zero attached hydrogens (tertiary/aromatic N) is 4. The summed E-state index contributed by atoms with van der Waals surface area (Å²) >= 11 is 0. The number of fused-ring (bicyclic) bond motifs is 1. The zero-order valence-corrected chi connectivity index (χ0v) is 11.4. The molecule has 3 aromatic rings. The Bertz CT molecular complexity index is 715. The fraction of sp³-hybridized carbons (Fsp3) is 0.357. The van der Waals surface area contributed by atoms with Crippen molar-refractivity contribution in [1.29, 1.82) is 0 Å². The van der Waals surface area contributed by atoms with Crippen molar-refractivity contribution < 1.29 is 4.52 Å². The van der Waals surface area contributed by atoms with Crippen molar-refractivity contribution >= 4 is 11.0 Å². The standard InChI is InChI=1S/C14H17N5O/c1-2-4-12-17-13(20-18-12)9-19-8-10(7-15)11-5-3-6-16-14(11)19/h3,5-6,8H,2,4,7,9,15H2,1H3. The molecule has 20 heavy (non-hydrogen) atoms. The van der Waals surface area contributed by atoms with E-state index in [2.05, 4.69) is 22.0 Å². The van der Waals surface area contributed by atoms with Crippen LogP contribution in [0.3, 0.4) is 0 Å². The topological polar surface area (TPSA) is 82.8 Å². The molecule has 0 spiro atoms. The van der Waals surface area contributed by atoms with E-state index in [-0.39, 0.29) is 0 Å². The summed E-state index contributed by atoms with van der Waals surface area (Å²) in [7, 11) is 0. The van der Waals surface area contributed by atoms with E-state index in [1.54, 1.807) is 6.20 Å². The van der Waals surface area contributed by atoms with Gasteiger partial charge in [0.1, 0.15) is 12.2 Å². The van der Waals surface area contributed by atoms with Gasteiger partial charge in [0, 0.05) is 30.7 Å². The molecule has 0 radical (unpaired) electrons. The lowest BCUT2D eigenvalue weighted by Gasteiger charge is -1.99. The molecular formula is C14H17N5O. The molecular weight excluding hydrogens is 254 g/mol. The zero-order valence-electron chi connectivity index (χ0n) is 11.4. The summed E-state index contributed by atoms with van der Waals surface area (Å²) in [6, 6.07) is 3.94. The predicted molar refractivity (Wildman–Crippen MR) is 75.0 cm³/mol. The number of aromatic nitrogens is 4. The van der Waals surface area contributed by atoms with Crippen LogP contribution in [0.5, 0.6) is 0 Å². The maximum atomic E-state index is 5.77. The number of aryl methyl sites for hydroxylation is 1. The fourth-order valence-corrected chi connectivity index (χ4v) is 2.30. The van der Waals surface area contributed by atoms with E-state index in [1.165, 1.54) is 0 Å². The number of hydrogen-bond acceptors (Lipinski definition) is 5. The number of hydrogen-bond donors (Lipinski definition) is 1. The van der Waals surface area contributed by atoms with Gasteiger partial charge in [-0.25, -0.2) is 4.98 Å². The first-order valence-corrected chi connectivity index (χ1v) is 6.76. The molecule has 6 heteroatoms. The lowest BCUT2D eigenvalue weighted by Crippen LogP contribution is -2.00. The second kappa shape index (κ2) is 5.42. The molecule has 0 aliphatic rings. The van der Waals surface area contributed by atoms with Crippen molar-refractivity contribution in [2.75, 3.05) is 0 Å². The summed E-state index contributed by atoms with van der Waals surface area (Å²) in [4.78, 5) is 8.79. The lowest BCUT2D eigenvalue weighted by atomic mass is 10.2. The molecule has 0 fully saturated rings. The lowest BCUT2D eigenvalue weighted by molar-refractivity contribution is 0.367. The van der Waals surface area contributed by atoms with E-state index in [0.717, 1.165) is 35.3 Å². The SMILES string of the molecule is CCCc1noc(Cn2cc(CN)c3cccnc32)n1. The number of nitrogens with two attached hydrogens (primary N) is 1. The number of rotatable bonds is 5. The van der Waals surface area contributed by atoms with Gasteiger partial charge in [-0.3, -0.25) is 0 Å². The fourth-order valence-electron chi connectivity index (χ4n) is 2.30. The first-order valence-electron chi connectivity index (χ1n) is 6.76. The molecule has 0 saturated carbocycles. The smallest absolute Gasteiger partial charge is 0.246 e. The van der Waals surface area contributed by atoms with Gasteiger partial charge in [-0.15, -0.1) is 0 Å². The normalized spacial score (nSPS) is 11.3. The maximum Gasteiger partial charge on any atom is 0.246 e. The second-order valence-electron chi connectivity index (χ2n) is 4.72. The Hall–Kier alpha value is -2.21. The molecule has 0 aliphatic carbocycles. The summed E-state index contributed by atoms with van der Waals surface area (Å²) in [6.45, 7) is 3.09. The van der Waals surface area contributed by atoms with Crippen molar-refractivity contribution in [3.63, 3.8) is 0 Å². The van der Waals surface area contributed by atoms with Gasteiger partial charge in [0.15, 0.2) is 5.82 Å². The van der Waals surface area contributed by atoms with Gasteiger partial charge in [-0.1, -0.05) is 12.1 Å². The molecule has 0 bridgehead atoms. The molecule has 3 rings (SSSR count). The third-order valence-corrected chi connectivity index (χ3v) is 3.23. The Labute approximate surface area is 116 Å².